The highest BCUT2D eigenvalue weighted by Gasteiger charge is 1.94. The number of ether oxygens (including phenoxy) is 1. The summed E-state index contributed by atoms with van der Waals surface area (Å²) in [5, 5.41) is 11.9. The summed E-state index contributed by atoms with van der Waals surface area (Å²) in [7, 11) is 1.67. The molecule has 0 aromatic heterocycles. The van der Waals surface area contributed by atoms with Crippen LogP contribution in [0.3, 0.4) is 0 Å². The van der Waals surface area contributed by atoms with Crippen LogP contribution in [0.2, 0.25) is 0 Å². The van der Waals surface area contributed by atoms with Crippen LogP contribution < -0.4 is 5.32 Å². The van der Waals surface area contributed by atoms with Gasteiger partial charge in [-0.25, -0.2) is 0 Å². The molecule has 13 heavy (non-hydrogen) atoms. The topological polar surface area (TPSA) is 41.5 Å². The Morgan fingerprint density at radius 2 is 2.08 bits per heavy atom. The zero-order valence-electron chi connectivity index (χ0n) is 8.31. The van der Waals surface area contributed by atoms with Gasteiger partial charge in [0.05, 0.1) is 12.4 Å². The van der Waals surface area contributed by atoms with Gasteiger partial charge >= 0.3 is 0 Å². The van der Waals surface area contributed by atoms with Gasteiger partial charge in [-0.3, -0.25) is 0 Å². The second-order valence-corrected chi connectivity index (χ2v) is 2.94. The van der Waals surface area contributed by atoms with Crippen molar-refractivity contribution in [1.29, 1.82) is 0 Å². The second-order valence-electron chi connectivity index (χ2n) is 2.94. The molecule has 0 saturated carbocycles. The van der Waals surface area contributed by atoms with Crippen LogP contribution in [-0.4, -0.2) is 25.4 Å². The van der Waals surface area contributed by atoms with Crippen molar-refractivity contribution in [3.63, 3.8) is 0 Å². The third-order valence-corrected chi connectivity index (χ3v) is 1.63. The first-order valence-electron chi connectivity index (χ1n) is 4.44. The Balaban J connectivity index is 3.25. The van der Waals surface area contributed by atoms with Crippen LogP contribution in [0.25, 0.3) is 0 Å². The van der Waals surface area contributed by atoms with Crippen molar-refractivity contribution >= 4 is 0 Å². The molecule has 0 amide bonds. The fourth-order valence-corrected chi connectivity index (χ4v) is 0.924. The van der Waals surface area contributed by atoms with Gasteiger partial charge in [0.15, 0.2) is 0 Å². The highest BCUT2D eigenvalue weighted by Crippen LogP contribution is 2.05. The summed E-state index contributed by atoms with van der Waals surface area (Å²) in [6.07, 6.45) is 2.39. The first-order chi connectivity index (χ1) is 6.16. The number of aliphatic hydroxyl groups excluding tert-OH is 1. The standard InChI is InChI=1S/C10H19NO2/c1-9(11-7-8-13-3)5-4-6-10(2)12/h11-12H,1-2,4-8H2,3H3. The Morgan fingerprint density at radius 1 is 1.38 bits per heavy atom. The van der Waals surface area contributed by atoms with Crippen molar-refractivity contribution in [2.75, 3.05) is 20.3 Å². The van der Waals surface area contributed by atoms with Gasteiger partial charge in [-0.05, 0) is 12.8 Å². The first-order valence-corrected chi connectivity index (χ1v) is 4.44. The van der Waals surface area contributed by atoms with Gasteiger partial charge < -0.3 is 15.2 Å². The lowest BCUT2D eigenvalue weighted by molar-refractivity contribution is 0.201. The van der Waals surface area contributed by atoms with E-state index in [9.17, 15) is 0 Å². The van der Waals surface area contributed by atoms with Crippen molar-refractivity contribution < 1.29 is 9.84 Å². The molecule has 0 heterocycles. The molecule has 0 atom stereocenters. The average molecular weight is 185 g/mol. The Hall–Kier alpha value is -0.960. The van der Waals surface area contributed by atoms with Gasteiger partial charge in [-0.2, -0.15) is 0 Å². The zero-order chi connectivity index (χ0) is 10.1. The minimum absolute atomic E-state index is 0.240. The van der Waals surface area contributed by atoms with Gasteiger partial charge in [-0.1, -0.05) is 13.2 Å². The molecule has 76 valence electrons. The van der Waals surface area contributed by atoms with Crippen molar-refractivity contribution in [1.82, 2.24) is 5.32 Å². The van der Waals surface area contributed by atoms with E-state index in [1.54, 1.807) is 7.11 Å². The summed E-state index contributed by atoms with van der Waals surface area (Å²) in [6.45, 7) is 8.73. The lowest BCUT2D eigenvalue weighted by atomic mass is 10.2. The molecule has 0 aliphatic heterocycles. The number of methoxy groups -OCH3 is 1. The molecule has 0 saturated heterocycles. The van der Waals surface area contributed by atoms with E-state index in [0.717, 1.165) is 25.1 Å². The van der Waals surface area contributed by atoms with Crippen molar-refractivity contribution in [2.24, 2.45) is 0 Å². The van der Waals surface area contributed by atoms with Crippen LogP contribution in [0.1, 0.15) is 19.3 Å². The molecular weight excluding hydrogens is 166 g/mol. The quantitative estimate of drug-likeness (QED) is 0.449. The minimum atomic E-state index is 0.240. The fourth-order valence-electron chi connectivity index (χ4n) is 0.924. The number of allylic oxidation sites excluding steroid dienone is 2. The molecule has 0 bridgehead atoms. The lowest BCUT2D eigenvalue weighted by Crippen LogP contribution is -2.17. The Kier molecular flexibility index (Phi) is 7.11. The number of hydrogen-bond donors (Lipinski definition) is 2. The van der Waals surface area contributed by atoms with E-state index < -0.39 is 0 Å². The first kappa shape index (κ1) is 12.0. The summed E-state index contributed by atoms with van der Waals surface area (Å²) >= 11 is 0. The van der Waals surface area contributed by atoms with Crippen LogP contribution in [0.4, 0.5) is 0 Å². The molecule has 0 aromatic rings. The summed E-state index contributed by atoms with van der Waals surface area (Å²) < 4.78 is 4.88. The normalized spacial score (nSPS) is 9.62. The predicted octanol–water partition coefficient (Wildman–Crippen LogP) is 1.98. The van der Waals surface area contributed by atoms with Gasteiger partial charge in [0.1, 0.15) is 0 Å². The molecule has 0 unspecified atom stereocenters. The maximum atomic E-state index is 8.81. The third-order valence-electron chi connectivity index (χ3n) is 1.63. The number of aliphatic hydroxyl groups is 1. The molecule has 0 radical (unpaired) electrons. The smallest absolute Gasteiger partial charge is 0.0851 e. The van der Waals surface area contributed by atoms with Crippen LogP contribution in [0, 0.1) is 0 Å². The van der Waals surface area contributed by atoms with Crippen LogP contribution >= 0.6 is 0 Å². The van der Waals surface area contributed by atoms with Crippen LogP contribution in [0.15, 0.2) is 24.6 Å². The molecular formula is C10H19NO2. The van der Waals surface area contributed by atoms with E-state index in [-0.39, 0.29) is 5.76 Å². The molecule has 3 heteroatoms. The van der Waals surface area contributed by atoms with E-state index in [4.69, 9.17) is 9.84 Å². The number of hydrogen-bond acceptors (Lipinski definition) is 3. The predicted molar refractivity (Wildman–Crippen MR) is 54.6 cm³/mol. The van der Waals surface area contributed by atoms with Gasteiger partial charge in [0, 0.05) is 25.8 Å². The molecule has 0 fully saturated rings. The molecule has 2 N–H and O–H groups in total. The fraction of sp³-hybridized carbons (Fsp3) is 0.600. The van der Waals surface area contributed by atoms with E-state index in [1.165, 1.54) is 0 Å². The van der Waals surface area contributed by atoms with Crippen molar-refractivity contribution in [3.8, 4) is 0 Å². The van der Waals surface area contributed by atoms with Crippen LogP contribution in [-0.2, 0) is 4.74 Å². The Labute approximate surface area is 80.1 Å². The van der Waals surface area contributed by atoms with Gasteiger partial charge in [0.25, 0.3) is 0 Å². The maximum absolute atomic E-state index is 8.81. The van der Waals surface area contributed by atoms with Crippen molar-refractivity contribution in [2.45, 2.75) is 19.3 Å². The molecule has 0 aliphatic rings. The van der Waals surface area contributed by atoms with E-state index in [1.807, 2.05) is 0 Å². The lowest BCUT2D eigenvalue weighted by Gasteiger charge is -2.08. The van der Waals surface area contributed by atoms with Crippen molar-refractivity contribution in [3.05, 3.63) is 24.6 Å². The zero-order valence-corrected chi connectivity index (χ0v) is 8.31. The highest BCUT2D eigenvalue weighted by atomic mass is 16.5. The Morgan fingerprint density at radius 3 is 2.62 bits per heavy atom. The van der Waals surface area contributed by atoms with E-state index in [0.29, 0.717) is 13.0 Å². The SMILES string of the molecule is C=C(O)CCCC(=C)NCCOC. The summed E-state index contributed by atoms with van der Waals surface area (Å²) in [5.74, 6) is 0.240. The van der Waals surface area contributed by atoms with E-state index >= 15 is 0 Å². The summed E-state index contributed by atoms with van der Waals surface area (Å²) in [5.41, 5.74) is 0.985. The van der Waals surface area contributed by atoms with Gasteiger partial charge in [-0.15, -0.1) is 0 Å². The second kappa shape index (κ2) is 7.68. The monoisotopic (exact) mass is 185 g/mol. The summed E-state index contributed by atoms with van der Waals surface area (Å²) in [6, 6.07) is 0. The minimum Gasteiger partial charge on any atom is -0.513 e. The number of nitrogens with one attached hydrogen (secondary N) is 1. The molecule has 0 aromatic carbocycles. The summed E-state index contributed by atoms with van der Waals surface area (Å²) in [4.78, 5) is 0. The molecule has 0 rings (SSSR count). The Bertz CT molecular complexity index is 166. The molecule has 0 spiro atoms. The van der Waals surface area contributed by atoms with Crippen LogP contribution in [0.5, 0.6) is 0 Å². The average Bonchev–Trinajstić information content (AvgIpc) is 2.04. The highest BCUT2D eigenvalue weighted by molar-refractivity contribution is 4.92. The molecule has 0 aliphatic carbocycles. The molecule has 3 nitrogen and oxygen atoms in total. The third kappa shape index (κ3) is 8.95. The van der Waals surface area contributed by atoms with Gasteiger partial charge in [0.2, 0.25) is 0 Å². The largest absolute Gasteiger partial charge is 0.513 e. The maximum Gasteiger partial charge on any atom is 0.0851 e. The van der Waals surface area contributed by atoms with E-state index in [2.05, 4.69) is 18.5 Å². The number of rotatable bonds is 8.